The first kappa shape index (κ1) is 9.87. The van der Waals surface area contributed by atoms with Crippen molar-refractivity contribution in [2.45, 2.75) is 17.1 Å². The zero-order valence-corrected chi connectivity index (χ0v) is 9.75. The Balaban J connectivity index is 2.03. The van der Waals surface area contributed by atoms with Crippen molar-refractivity contribution in [2.24, 2.45) is 0 Å². The Hall–Kier alpha value is 0.330. The van der Waals surface area contributed by atoms with E-state index in [0.29, 0.717) is 27.4 Å². The van der Waals surface area contributed by atoms with Gasteiger partial charge in [-0.25, -0.2) is 0 Å². The number of Topliss-reactive ketones (excluding diaryl/α,β-unsaturated/α-hetero) is 1. The number of ketones is 1. The van der Waals surface area contributed by atoms with Crippen LogP contribution in [0.4, 0.5) is 0 Å². The van der Waals surface area contributed by atoms with Gasteiger partial charge in [-0.3, -0.25) is 4.79 Å². The smallest absolute Gasteiger partial charge is 0.266 e. The summed E-state index contributed by atoms with van der Waals surface area (Å²) in [6.45, 7) is 0.909. The highest BCUT2D eigenvalue weighted by atomic mass is 32.2. The number of ether oxygens (including phenoxy) is 1. The molecule has 2 fully saturated rings. The Morgan fingerprint density at radius 1 is 1.38 bits per heavy atom. The molecule has 0 aromatic carbocycles. The van der Waals surface area contributed by atoms with Crippen LogP contribution in [0.5, 0.6) is 0 Å². The van der Waals surface area contributed by atoms with Gasteiger partial charge in [0.1, 0.15) is 12.0 Å². The third-order valence-corrected chi connectivity index (χ3v) is 7.19. The van der Waals surface area contributed by atoms with Crippen LogP contribution in [0.1, 0.15) is 6.42 Å². The van der Waals surface area contributed by atoms with Crippen molar-refractivity contribution < 1.29 is 9.53 Å². The molecule has 74 valence electrons. The molecule has 2 aliphatic rings. The zero-order chi connectivity index (χ0) is 9.42. The second-order valence-electron chi connectivity index (χ2n) is 3.75. The molecule has 2 nitrogen and oxygen atoms in total. The molecule has 0 amide bonds. The lowest BCUT2D eigenvalue weighted by Crippen LogP contribution is -2.34. The molecule has 0 aromatic rings. The quantitative estimate of drug-likeness (QED) is 0.589. The standard InChI is InChI=1S/C9H16O2S2/c1-12-4-3-11-9(12)8-5-7(10)6-13(8)2/h8-9H,3-6H2,1-2H3/q+2. The highest BCUT2D eigenvalue weighted by Gasteiger charge is 2.52. The monoisotopic (exact) mass is 220 g/mol. The molecule has 2 rings (SSSR count). The lowest BCUT2D eigenvalue weighted by Gasteiger charge is -2.11. The van der Waals surface area contributed by atoms with E-state index in [1.807, 2.05) is 0 Å². The summed E-state index contributed by atoms with van der Waals surface area (Å²) in [7, 11) is 0.678. The Bertz CT molecular complexity index is 220. The summed E-state index contributed by atoms with van der Waals surface area (Å²) in [5, 5.41) is 0.545. The largest absolute Gasteiger partial charge is 0.325 e. The Labute approximate surface area is 85.1 Å². The van der Waals surface area contributed by atoms with E-state index >= 15 is 0 Å². The molecule has 0 aliphatic carbocycles. The summed E-state index contributed by atoms with van der Waals surface area (Å²) in [6.07, 6.45) is 5.27. The van der Waals surface area contributed by atoms with E-state index in [1.54, 1.807) is 0 Å². The molecule has 0 radical (unpaired) electrons. The van der Waals surface area contributed by atoms with E-state index in [-0.39, 0.29) is 10.9 Å². The number of hydrogen-bond acceptors (Lipinski definition) is 2. The summed E-state index contributed by atoms with van der Waals surface area (Å²) in [4.78, 5) is 11.3. The van der Waals surface area contributed by atoms with Gasteiger partial charge in [0.2, 0.25) is 0 Å². The molecule has 0 saturated carbocycles. The first-order valence-corrected chi connectivity index (χ1v) is 8.27. The van der Waals surface area contributed by atoms with Gasteiger partial charge in [-0.15, -0.1) is 0 Å². The van der Waals surface area contributed by atoms with Crippen LogP contribution in [-0.2, 0) is 31.3 Å². The van der Waals surface area contributed by atoms with Crippen LogP contribution in [0, 0.1) is 0 Å². The van der Waals surface area contributed by atoms with Crippen LogP contribution < -0.4 is 0 Å². The normalized spacial score (nSPS) is 45.8. The van der Waals surface area contributed by atoms with Crippen molar-refractivity contribution in [3.63, 3.8) is 0 Å². The molecular weight excluding hydrogens is 204 g/mol. The van der Waals surface area contributed by atoms with Gasteiger partial charge < -0.3 is 4.74 Å². The average Bonchev–Trinajstić information content (AvgIpc) is 2.58. The first-order valence-electron chi connectivity index (χ1n) is 4.54. The van der Waals surface area contributed by atoms with E-state index in [2.05, 4.69) is 12.5 Å². The fourth-order valence-corrected chi connectivity index (χ4v) is 6.41. The van der Waals surface area contributed by atoms with Crippen molar-refractivity contribution in [2.75, 3.05) is 30.6 Å². The van der Waals surface area contributed by atoms with Crippen LogP contribution in [-0.4, -0.2) is 47.1 Å². The van der Waals surface area contributed by atoms with E-state index < -0.39 is 0 Å². The Kier molecular flexibility index (Phi) is 2.91. The van der Waals surface area contributed by atoms with Gasteiger partial charge in [0.05, 0.1) is 19.3 Å². The lowest BCUT2D eigenvalue weighted by atomic mass is 10.2. The fraction of sp³-hybridized carbons (Fsp3) is 0.889. The van der Waals surface area contributed by atoms with Crippen molar-refractivity contribution >= 4 is 27.6 Å². The molecule has 4 atom stereocenters. The fourth-order valence-electron chi connectivity index (χ4n) is 1.97. The molecule has 13 heavy (non-hydrogen) atoms. The molecule has 0 spiro atoms. The summed E-state index contributed by atoms with van der Waals surface area (Å²) in [5.74, 6) is 2.46. The van der Waals surface area contributed by atoms with Crippen molar-refractivity contribution in [3.8, 4) is 0 Å². The minimum absolute atomic E-state index is 0.281. The Morgan fingerprint density at radius 2 is 2.15 bits per heavy atom. The number of carbonyl (C=O) groups excluding carboxylic acids is 1. The maximum absolute atomic E-state index is 11.3. The van der Waals surface area contributed by atoms with Gasteiger partial charge >= 0.3 is 0 Å². The zero-order valence-electron chi connectivity index (χ0n) is 8.12. The van der Waals surface area contributed by atoms with E-state index in [0.717, 1.165) is 18.8 Å². The molecule has 2 heterocycles. The maximum atomic E-state index is 11.3. The van der Waals surface area contributed by atoms with Gasteiger partial charge in [-0.2, -0.15) is 0 Å². The van der Waals surface area contributed by atoms with Crippen LogP contribution in [0.2, 0.25) is 0 Å². The van der Waals surface area contributed by atoms with Gasteiger partial charge in [0.15, 0.2) is 16.8 Å². The molecule has 0 aromatic heterocycles. The minimum atomic E-state index is 0.281. The molecule has 2 saturated heterocycles. The van der Waals surface area contributed by atoms with Crippen molar-refractivity contribution in [1.29, 1.82) is 0 Å². The molecular formula is C9H16O2S2+2. The van der Waals surface area contributed by atoms with Gasteiger partial charge in [-0.05, 0) is 0 Å². The average molecular weight is 220 g/mol. The topological polar surface area (TPSA) is 26.3 Å². The lowest BCUT2D eigenvalue weighted by molar-refractivity contribution is -0.116. The second kappa shape index (κ2) is 3.83. The van der Waals surface area contributed by atoms with Crippen LogP contribution in [0.15, 0.2) is 0 Å². The molecule has 4 unspecified atom stereocenters. The van der Waals surface area contributed by atoms with Crippen molar-refractivity contribution in [1.82, 2.24) is 0 Å². The number of carbonyl (C=O) groups is 1. The van der Waals surface area contributed by atoms with Gasteiger partial charge in [0, 0.05) is 21.8 Å². The summed E-state index contributed by atoms with van der Waals surface area (Å²) >= 11 is 0. The van der Waals surface area contributed by atoms with E-state index in [9.17, 15) is 4.79 Å². The van der Waals surface area contributed by atoms with Gasteiger partial charge in [0.25, 0.3) is 5.44 Å². The van der Waals surface area contributed by atoms with Crippen molar-refractivity contribution in [3.05, 3.63) is 0 Å². The van der Waals surface area contributed by atoms with Crippen LogP contribution in [0.3, 0.4) is 0 Å². The number of rotatable bonds is 1. The Morgan fingerprint density at radius 3 is 2.62 bits per heavy atom. The van der Waals surface area contributed by atoms with E-state index in [4.69, 9.17) is 4.74 Å². The second-order valence-corrected chi connectivity index (χ2v) is 8.28. The molecule has 4 heteroatoms. The van der Waals surface area contributed by atoms with Gasteiger partial charge in [-0.1, -0.05) is 0 Å². The highest BCUT2D eigenvalue weighted by Crippen LogP contribution is 2.29. The molecule has 0 N–H and O–H groups in total. The van der Waals surface area contributed by atoms with Crippen LogP contribution >= 0.6 is 0 Å². The summed E-state index contributed by atoms with van der Waals surface area (Å²) < 4.78 is 5.73. The first-order chi connectivity index (χ1) is 6.18. The number of hydrogen-bond donors (Lipinski definition) is 0. The molecule has 0 bridgehead atoms. The molecule has 2 aliphatic heterocycles. The third-order valence-electron chi connectivity index (χ3n) is 2.72. The highest BCUT2D eigenvalue weighted by molar-refractivity contribution is 8.01. The third kappa shape index (κ3) is 1.90. The summed E-state index contributed by atoms with van der Waals surface area (Å²) in [6, 6.07) is 0. The summed E-state index contributed by atoms with van der Waals surface area (Å²) in [5.41, 5.74) is 0.403. The predicted octanol–water partition coefficient (Wildman–Crippen LogP) is 0.180. The predicted molar refractivity (Wildman–Crippen MR) is 59.5 cm³/mol. The minimum Gasteiger partial charge on any atom is -0.325 e. The van der Waals surface area contributed by atoms with E-state index in [1.165, 1.54) is 5.75 Å². The SMILES string of the molecule is C[S+]1CC(=O)CC1C1OCC[S+]1C. The van der Waals surface area contributed by atoms with Crippen LogP contribution in [0.25, 0.3) is 0 Å². The maximum Gasteiger partial charge on any atom is 0.266 e.